The number of carbonyl (C=O) groups excluding carboxylic acids is 1. The van der Waals surface area contributed by atoms with Crippen molar-refractivity contribution in [3.05, 3.63) is 71.9 Å². The standard InChI is InChI=1S/C21H21NO3/c1-3-24-21(23)12-9-17-14-22(2)20-11-10-18(13-19(17)20)25-15-16-7-5-4-6-8-16/h4-14H,3,15H2,1-2H3/b12-9+. The number of hydrogen-bond donors (Lipinski definition) is 0. The van der Waals surface area contributed by atoms with Crippen LogP contribution in [-0.2, 0) is 23.2 Å². The van der Waals surface area contributed by atoms with Gasteiger partial charge >= 0.3 is 5.97 Å². The molecule has 0 N–H and O–H groups in total. The van der Waals surface area contributed by atoms with Gasteiger partial charge < -0.3 is 14.0 Å². The first kappa shape index (κ1) is 16.8. The van der Waals surface area contributed by atoms with E-state index >= 15 is 0 Å². The highest BCUT2D eigenvalue weighted by Gasteiger charge is 2.07. The van der Waals surface area contributed by atoms with Gasteiger partial charge in [0.1, 0.15) is 12.4 Å². The van der Waals surface area contributed by atoms with Gasteiger partial charge in [0.15, 0.2) is 0 Å². The Hall–Kier alpha value is -3.01. The van der Waals surface area contributed by atoms with Crippen molar-refractivity contribution in [2.75, 3.05) is 6.61 Å². The molecule has 3 aromatic rings. The van der Waals surface area contributed by atoms with Crippen molar-refractivity contribution in [1.29, 1.82) is 0 Å². The number of ether oxygens (including phenoxy) is 2. The summed E-state index contributed by atoms with van der Waals surface area (Å²) in [6, 6.07) is 16.0. The zero-order valence-corrected chi connectivity index (χ0v) is 14.4. The average molecular weight is 335 g/mol. The fourth-order valence-corrected chi connectivity index (χ4v) is 2.71. The molecular weight excluding hydrogens is 314 g/mol. The van der Waals surface area contributed by atoms with Crippen LogP contribution in [0.15, 0.2) is 60.8 Å². The first-order valence-corrected chi connectivity index (χ1v) is 8.28. The van der Waals surface area contributed by atoms with Crippen molar-refractivity contribution in [3.8, 4) is 5.75 Å². The second-order valence-electron chi connectivity index (χ2n) is 5.73. The van der Waals surface area contributed by atoms with Gasteiger partial charge in [-0.15, -0.1) is 0 Å². The number of aromatic nitrogens is 1. The minimum Gasteiger partial charge on any atom is -0.489 e. The molecular formula is C21H21NO3. The van der Waals surface area contributed by atoms with Crippen molar-refractivity contribution in [2.45, 2.75) is 13.5 Å². The molecule has 25 heavy (non-hydrogen) atoms. The molecule has 0 radical (unpaired) electrons. The van der Waals surface area contributed by atoms with Crippen LogP contribution >= 0.6 is 0 Å². The first-order valence-electron chi connectivity index (χ1n) is 8.28. The number of carbonyl (C=O) groups is 1. The molecule has 2 aromatic carbocycles. The lowest BCUT2D eigenvalue weighted by molar-refractivity contribution is -0.137. The smallest absolute Gasteiger partial charge is 0.330 e. The third kappa shape index (κ3) is 4.10. The Bertz CT molecular complexity index is 894. The van der Waals surface area contributed by atoms with E-state index in [2.05, 4.69) is 0 Å². The molecule has 0 aliphatic heterocycles. The van der Waals surface area contributed by atoms with Gasteiger partial charge in [-0.1, -0.05) is 30.3 Å². The normalized spacial score (nSPS) is 11.1. The SMILES string of the molecule is CCOC(=O)/C=C/c1cn(C)c2ccc(OCc3ccccc3)cc12. The lowest BCUT2D eigenvalue weighted by atomic mass is 10.1. The molecule has 4 heteroatoms. The van der Waals surface area contributed by atoms with E-state index in [9.17, 15) is 4.79 Å². The van der Waals surface area contributed by atoms with Crippen LogP contribution in [0.25, 0.3) is 17.0 Å². The Morgan fingerprint density at radius 1 is 1.16 bits per heavy atom. The number of hydrogen-bond acceptors (Lipinski definition) is 3. The van der Waals surface area contributed by atoms with Gasteiger partial charge in [-0.25, -0.2) is 4.79 Å². The molecule has 1 heterocycles. The molecule has 0 amide bonds. The molecule has 0 saturated carbocycles. The molecule has 0 aliphatic carbocycles. The summed E-state index contributed by atoms with van der Waals surface area (Å²) < 4.78 is 12.9. The van der Waals surface area contributed by atoms with Gasteiger partial charge in [-0.3, -0.25) is 0 Å². The third-order valence-corrected chi connectivity index (χ3v) is 3.93. The molecule has 4 nitrogen and oxygen atoms in total. The summed E-state index contributed by atoms with van der Waals surface area (Å²) in [4.78, 5) is 11.5. The van der Waals surface area contributed by atoms with Crippen LogP contribution in [0.1, 0.15) is 18.1 Å². The van der Waals surface area contributed by atoms with E-state index < -0.39 is 0 Å². The quantitative estimate of drug-likeness (QED) is 0.497. The molecule has 0 aliphatic rings. The van der Waals surface area contributed by atoms with Crippen molar-refractivity contribution in [3.63, 3.8) is 0 Å². The third-order valence-electron chi connectivity index (χ3n) is 3.93. The van der Waals surface area contributed by atoms with Crippen LogP contribution in [0.4, 0.5) is 0 Å². The number of rotatable bonds is 6. The second-order valence-corrected chi connectivity index (χ2v) is 5.73. The van der Waals surface area contributed by atoms with E-state index in [0.29, 0.717) is 13.2 Å². The molecule has 0 saturated heterocycles. The van der Waals surface area contributed by atoms with Crippen molar-refractivity contribution >= 4 is 22.9 Å². The highest BCUT2D eigenvalue weighted by Crippen LogP contribution is 2.27. The van der Waals surface area contributed by atoms with Gasteiger partial charge in [0.25, 0.3) is 0 Å². The predicted molar refractivity (Wildman–Crippen MR) is 99.4 cm³/mol. The summed E-state index contributed by atoms with van der Waals surface area (Å²) in [5.41, 5.74) is 3.16. The largest absolute Gasteiger partial charge is 0.489 e. The molecule has 128 valence electrons. The van der Waals surface area contributed by atoms with Crippen molar-refractivity contribution < 1.29 is 14.3 Å². The highest BCUT2D eigenvalue weighted by atomic mass is 16.5. The maximum atomic E-state index is 11.5. The highest BCUT2D eigenvalue weighted by molar-refractivity contribution is 5.94. The summed E-state index contributed by atoms with van der Waals surface area (Å²) in [5.74, 6) is 0.462. The lowest BCUT2D eigenvalue weighted by Crippen LogP contribution is -1.98. The van der Waals surface area contributed by atoms with E-state index in [1.165, 1.54) is 6.08 Å². The average Bonchev–Trinajstić information content (AvgIpc) is 2.95. The van der Waals surface area contributed by atoms with Gasteiger partial charge in [0.05, 0.1) is 6.61 Å². The molecule has 0 fully saturated rings. The minimum atomic E-state index is -0.337. The zero-order valence-electron chi connectivity index (χ0n) is 14.4. The monoisotopic (exact) mass is 335 g/mol. The van der Waals surface area contributed by atoms with E-state index in [4.69, 9.17) is 9.47 Å². The fourth-order valence-electron chi connectivity index (χ4n) is 2.71. The van der Waals surface area contributed by atoms with E-state index in [0.717, 1.165) is 27.8 Å². The van der Waals surface area contributed by atoms with Gasteiger partial charge in [-0.2, -0.15) is 0 Å². The van der Waals surface area contributed by atoms with Crippen LogP contribution in [0.3, 0.4) is 0 Å². The van der Waals surface area contributed by atoms with Crippen LogP contribution in [0, 0.1) is 0 Å². The van der Waals surface area contributed by atoms with Crippen molar-refractivity contribution in [1.82, 2.24) is 4.57 Å². The molecule has 0 bridgehead atoms. The first-order chi connectivity index (χ1) is 12.2. The number of benzene rings is 2. The van der Waals surface area contributed by atoms with Crippen molar-refractivity contribution in [2.24, 2.45) is 7.05 Å². The molecule has 0 spiro atoms. The van der Waals surface area contributed by atoms with E-state index in [-0.39, 0.29) is 5.97 Å². The summed E-state index contributed by atoms with van der Waals surface area (Å²) in [7, 11) is 1.98. The number of fused-ring (bicyclic) bond motifs is 1. The molecule has 0 unspecified atom stereocenters. The molecule has 0 atom stereocenters. The Morgan fingerprint density at radius 2 is 1.96 bits per heavy atom. The Kier molecular flexibility index (Phi) is 5.19. The summed E-state index contributed by atoms with van der Waals surface area (Å²) in [6.07, 6.45) is 5.22. The van der Waals surface area contributed by atoms with Gasteiger partial charge in [0.2, 0.25) is 0 Å². The Morgan fingerprint density at radius 3 is 2.72 bits per heavy atom. The van der Waals surface area contributed by atoms with E-state index in [1.807, 2.05) is 66.3 Å². The predicted octanol–water partition coefficient (Wildman–Crippen LogP) is 4.33. The number of aryl methyl sites for hydroxylation is 1. The summed E-state index contributed by atoms with van der Waals surface area (Å²) >= 11 is 0. The van der Waals surface area contributed by atoms with Crippen LogP contribution in [-0.4, -0.2) is 17.1 Å². The second kappa shape index (κ2) is 7.71. The fraction of sp³-hybridized carbons (Fsp3) is 0.190. The summed E-state index contributed by atoms with van der Waals surface area (Å²) in [6.45, 7) is 2.68. The number of esters is 1. The van der Waals surface area contributed by atoms with Crippen LogP contribution in [0.5, 0.6) is 5.75 Å². The van der Waals surface area contributed by atoms with E-state index in [1.54, 1.807) is 13.0 Å². The van der Waals surface area contributed by atoms with Gasteiger partial charge in [0, 0.05) is 35.8 Å². The maximum absolute atomic E-state index is 11.5. The summed E-state index contributed by atoms with van der Waals surface area (Å²) in [5, 5.41) is 1.04. The topological polar surface area (TPSA) is 40.5 Å². The minimum absolute atomic E-state index is 0.337. The number of nitrogens with zero attached hydrogens (tertiary/aromatic N) is 1. The Labute approximate surface area is 147 Å². The molecule has 1 aromatic heterocycles. The molecule has 3 rings (SSSR count). The van der Waals surface area contributed by atoms with Crippen LogP contribution < -0.4 is 4.74 Å². The van der Waals surface area contributed by atoms with Crippen LogP contribution in [0.2, 0.25) is 0 Å². The maximum Gasteiger partial charge on any atom is 0.330 e. The zero-order chi connectivity index (χ0) is 17.6. The lowest BCUT2D eigenvalue weighted by Gasteiger charge is -2.07. The Balaban J connectivity index is 1.83. The van der Waals surface area contributed by atoms with Gasteiger partial charge in [-0.05, 0) is 36.8 Å².